The lowest BCUT2D eigenvalue weighted by Gasteiger charge is -2.15. The first-order chi connectivity index (χ1) is 8.04. The Hall–Kier alpha value is -1.78. The lowest BCUT2D eigenvalue weighted by atomic mass is 10.2. The highest BCUT2D eigenvalue weighted by atomic mass is 16.5. The molecule has 0 radical (unpaired) electrons. The van der Waals surface area contributed by atoms with Crippen molar-refractivity contribution in [1.29, 1.82) is 0 Å². The van der Waals surface area contributed by atoms with E-state index in [4.69, 9.17) is 9.15 Å². The van der Waals surface area contributed by atoms with E-state index in [2.05, 4.69) is 0 Å². The summed E-state index contributed by atoms with van der Waals surface area (Å²) in [7, 11) is 1.64. The number of esters is 1. The summed E-state index contributed by atoms with van der Waals surface area (Å²) in [5.41, 5.74) is 0.494. The molecule has 0 unspecified atom stereocenters. The van der Waals surface area contributed by atoms with E-state index in [0.717, 1.165) is 0 Å². The smallest absolute Gasteiger partial charge is 0.307 e. The zero-order valence-electron chi connectivity index (χ0n) is 10.4. The van der Waals surface area contributed by atoms with Gasteiger partial charge < -0.3 is 14.1 Å². The predicted molar refractivity (Wildman–Crippen MR) is 61.7 cm³/mol. The Morgan fingerprint density at radius 3 is 2.71 bits per heavy atom. The summed E-state index contributed by atoms with van der Waals surface area (Å²) in [5.74, 6) is 0.230. The van der Waals surface area contributed by atoms with Crippen LogP contribution in [0.4, 0.5) is 0 Å². The van der Waals surface area contributed by atoms with Crippen LogP contribution in [0.1, 0.15) is 29.5 Å². The molecule has 1 aromatic heterocycles. The molecule has 1 heterocycles. The van der Waals surface area contributed by atoms with E-state index in [9.17, 15) is 9.59 Å². The van der Waals surface area contributed by atoms with Gasteiger partial charge in [-0.2, -0.15) is 0 Å². The van der Waals surface area contributed by atoms with E-state index < -0.39 is 0 Å². The molecule has 0 aliphatic heterocycles. The van der Waals surface area contributed by atoms with E-state index in [0.29, 0.717) is 24.5 Å². The summed E-state index contributed by atoms with van der Waals surface area (Å²) in [6.45, 7) is 4.22. The summed E-state index contributed by atoms with van der Waals surface area (Å²) >= 11 is 0. The molecule has 5 nitrogen and oxygen atoms in total. The summed E-state index contributed by atoms with van der Waals surface area (Å²) in [6, 6.07) is 1.67. The second-order valence-corrected chi connectivity index (χ2v) is 3.73. The first kappa shape index (κ1) is 13.3. The fourth-order valence-electron chi connectivity index (χ4n) is 1.37. The third-order valence-corrected chi connectivity index (χ3v) is 2.28. The molecular formula is C12H17NO4. The average molecular weight is 239 g/mol. The SMILES string of the molecule is CCOC(=O)CCN(C)C(=O)c1coc(C)c1. The molecule has 17 heavy (non-hydrogen) atoms. The predicted octanol–water partition coefficient (Wildman–Crippen LogP) is 1.61. The highest BCUT2D eigenvalue weighted by Gasteiger charge is 2.15. The summed E-state index contributed by atoms with van der Waals surface area (Å²) in [6.07, 6.45) is 1.62. The van der Waals surface area contributed by atoms with E-state index in [-0.39, 0.29) is 18.3 Å². The monoisotopic (exact) mass is 239 g/mol. The molecule has 5 heteroatoms. The van der Waals surface area contributed by atoms with Crippen LogP contribution in [0.2, 0.25) is 0 Å². The van der Waals surface area contributed by atoms with Crippen molar-refractivity contribution in [1.82, 2.24) is 4.90 Å². The van der Waals surface area contributed by atoms with E-state index in [1.807, 2.05) is 0 Å². The van der Waals surface area contributed by atoms with Crippen LogP contribution < -0.4 is 0 Å². The Morgan fingerprint density at radius 2 is 2.18 bits per heavy atom. The lowest BCUT2D eigenvalue weighted by molar-refractivity contribution is -0.143. The van der Waals surface area contributed by atoms with Crippen LogP contribution in [0.3, 0.4) is 0 Å². The molecule has 0 saturated carbocycles. The number of carbonyl (C=O) groups is 2. The highest BCUT2D eigenvalue weighted by molar-refractivity contribution is 5.94. The first-order valence-corrected chi connectivity index (χ1v) is 5.50. The molecule has 1 aromatic rings. The molecule has 0 fully saturated rings. The van der Waals surface area contributed by atoms with Crippen LogP contribution in [0.25, 0.3) is 0 Å². The van der Waals surface area contributed by atoms with E-state index >= 15 is 0 Å². The summed E-state index contributed by atoms with van der Waals surface area (Å²) in [4.78, 5) is 24.4. The summed E-state index contributed by atoms with van der Waals surface area (Å²) < 4.78 is 9.85. The highest BCUT2D eigenvalue weighted by Crippen LogP contribution is 2.09. The van der Waals surface area contributed by atoms with Crippen molar-refractivity contribution < 1.29 is 18.7 Å². The van der Waals surface area contributed by atoms with Gasteiger partial charge in [-0.3, -0.25) is 9.59 Å². The molecule has 0 atom stereocenters. The summed E-state index contributed by atoms with van der Waals surface area (Å²) in [5, 5.41) is 0. The number of hydrogen-bond acceptors (Lipinski definition) is 4. The van der Waals surface area contributed by atoms with Gasteiger partial charge in [-0.25, -0.2) is 0 Å². The van der Waals surface area contributed by atoms with E-state index in [1.165, 1.54) is 11.2 Å². The Labute approximate surface area is 100 Å². The normalized spacial score (nSPS) is 10.1. The van der Waals surface area contributed by atoms with Gasteiger partial charge >= 0.3 is 5.97 Å². The van der Waals surface area contributed by atoms with Crippen LogP contribution in [-0.4, -0.2) is 37.0 Å². The van der Waals surface area contributed by atoms with Crippen molar-refractivity contribution in [3.63, 3.8) is 0 Å². The molecule has 0 aromatic carbocycles. The maximum Gasteiger partial charge on any atom is 0.307 e. The van der Waals surface area contributed by atoms with Crippen LogP contribution in [-0.2, 0) is 9.53 Å². The molecule has 0 aliphatic rings. The zero-order chi connectivity index (χ0) is 12.8. The largest absolute Gasteiger partial charge is 0.469 e. The molecule has 0 spiro atoms. The van der Waals surface area contributed by atoms with Gasteiger partial charge in [0.2, 0.25) is 0 Å². The number of furan rings is 1. The third kappa shape index (κ3) is 3.94. The van der Waals surface area contributed by atoms with Crippen molar-refractivity contribution in [2.45, 2.75) is 20.3 Å². The van der Waals surface area contributed by atoms with Crippen molar-refractivity contribution in [2.75, 3.05) is 20.2 Å². The standard InChI is InChI=1S/C12H17NO4/c1-4-16-11(14)5-6-13(3)12(15)10-7-9(2)17-8-10/h7-8H,4-6H2,1-3H3. The maximum atomic E-state index is 11.8. The maximum absolute atomic E-state index is 11.8. The number of carbonyl (C=O) groups excluding carboxylic acids is 2. The molecule has 0 saturated heterocycles. The van der Waals surface area contributed by atoms with Gasteiger partial charge in [-0.1, -0.05) is 0 Å². The van der Waals surface area contributed by atoms with Crippen molar-refractivity contribution in [2.24, 2.45) is 0 Å². The Bertz CT molecular complexity index is 397. The molecule has 1 rings (SSSR count). The third-order valence-electron chi connectivity index (χ3n) is 2.28. The van der Waals surface area contributed by atoms with Gasteiger partial charge in [0, 0.05) is 13.6 Å². The van der Waals surface area contributed by atoms with Gasteiger partial charge in [-0.05, 0) is 19.9 Å². The number of ether oxygens (including phenoxy) is 1. The second kappa shape index (κ2) is 6.08. The second-order valence-electron chi connectivity index (χ2n) is 3.73. The fourth-order valence-corrected chi connectivity index (χ4v) is 1.37. The molecule has 0 bridgehead atoms. The van der Waals surface area contributed by atoms with Crippen LogP contribution in [0, 0.1) is 6.92 Å². The quantitative estimate of drug-likeness (QED) is 0.732. The topological polar surface area (TPSA) is 59.8 Å². The van der Waals surface area contributed by atoms with E-state index in [1.54, 1.807) is 27.0 Å². The Kier molecular flexibility index (Phi) is 4.75. The number of aryl methyl sites for hydroxylation is 1. The number of hydrogen-bond donors (Lipinski definition) is 0. The molecule has 1 amide bonds. The Balaban J connectivity index is 2.45. The molecule has 0 N–H and O–H groups in total. The van der Waals surface area contributed by atoms with Gasteiger partial charge in [0.25, 0.3) is 5.91 Å². The zero-order valence-corrected chi connectivity index (χ0v) is 10.4. The number of rotatable bonds is 5. The first-order valence-electron chi connectivity index (χ1n) is 5.50. The van der Waals surface area contributed by atoms with Gasteiger partial charge in [-0.15, -0.1) is 0 Å². The lowest BCUT2D eigenvalue weighted by Crippen LogP contribution is -2.29. The molecule has 0 aliphatic carbocycles. The molecule has 94 valence electrons. The van der Waals surface area contributed by atoms with Crippen molar-refractivity contribution >= 4 is 11.9 Å². The van der Waals surface area contributed by atoms with Crippen molar-refractivity contribution in [3.05, 3.63) is 23.7 Å². The van der Waals surface area contributed by atoms with Gasteiger partial charge in [0.1, 0.15) is 12.0 Å². The van der Waals surface area contributed by atoms with Crippen molar-refractivity contribution in [3.8, 4) is 0 Å². The average Bonchev–Trinajstić information content (AvgIpc) is 2.72. The minimum atomic E-state index is -0.296. The van der Waals surface area contributed by atoms with Crippen LogP contribution in [0.15, 0.2) is 16.7 Å². The minimum Gasteiger partial charge on any atom is -0.469 e. The van der Waals surface area contributed by atoms with Gasteiger partial charge in [0.15, 0.2) is 0 Å². The van der Waals surface area contributed by atoms with Crippen LogP contribution in [0.5, 0.6) is 0 Å². The Morgan fingerprint density at radius 1 is 1.47 bits per heavy atom. The van der Waals surface area contributed by atoms with Gasteiger partial charge in [0.05, 0.1) is 18.6 Å². The number of amides is 1. The number of nitrogens with zero attached hydrogens (tertiary/aromatic N) is 1. The fraction of sp³-hybridized carbons (Fsp3) is 0.500. The minimum absolute atomic E-state index is 0.161. The van der Waals surface area contributed by atoms with Crippen LogP contribution >= 0.6 is 0 Å². The molecular weight excluding hydrogens is 222 g/mol.